The van der Waals surface area contributed by atoms with Crippen LogP contribution in [-0.4, -0.2) is 90.5 Å². The molecule has 0 spiro atoms. The van der Waals surface area contributed by atoms with Crippen LogP contribution in [0.2, 0.25) is 0 Å². The molecule has 6 bridgehead atoms. The number of hydrogen-bond donors (Lipinski definition) is 5. The molecule has 5 N–H and O–H groups in total. The standard InChI is InChI=1S/C20H27N4O11PS/c1-8-10-2-9-5-23(19(28)21-17(9)27)15-3-11(26)14(34-15)7-32-36(30,31)35-12-4-16(33-13(12)6-25)24(10)20(29)22-18(8)37/h5,8,10-16,25-26H,2-4,6-7H2,1H3,(H,30,31)(H,21,27,28)(H,22,29,37)/t8-,10+,11+,12+,13-,14-,15-,16-/m1/s1. The van der Waals surface area contributed by atoms with Gasteiger partial charge in [0.05, 0.1) is 24.3 Å². The number of aliphatic hydroxyl groups is 2. The number of phosphoric ester groups is 1. The van der Waals surface area contributed by atoms with Crippen LogP contribution >= 0.6 is 20.0 Å². The zero-order chi connectivity index (χ0) is 26.6. The monoisotopic (exact) mass is 562 g/mol. The van der Waals surface area contributed by atoms with Gasteiger partial charge in [0, 0.05) is 43.0 Å². The second-order valence-corrected chi connectivity index (χ2v) is 11.3. The number of nitrogens with one attached hydrogen (secondary N) is 2. The van der Waals surface area contributed by atoms with Crippen molar-refractivity contribution in [3.63, 3.8) is 0 Å². The van der Waals surface area contributed by atoms with E-state index in [1.54, 1.807) is 6.92 Å². The van der Waals surface area contributed by atoms with Crippen LogP contribution in [0.15, 0.2) is 15.8 Å². The lowest BCUT2D eigenvalue weighted by Gasteiger charge is -2.43. The Bertz CT molecular complexity index is 1260. The Balaban J connectivity index is 1.59. The van der Waals surface area contributed by atoms with Gasteiger partial charge >= 0.3 is 19.5 Å². The van der Waals surface area contributed by atoms with Gasteiger partial charge in [0.15, 0.2) is 0 Å². The summed E-state index contributed by atoms with van der Waals surface area (Å²) in [6.45, 7) is 0.639. The van der Waals surface area contributed by atoms with Crippen molar-refractivity contribution in [3.05, 3.63) is 32.6 Å². The first-order valence-electron chi connectivity index (χ1n) is 11.7. The van der Waals surface area contributed by atoms with Gasteiger partial charge in [-0.15, -0.1) is 0 Å². The zero-order valence-corrected chi connectivity index (χ0v) is 21.3. The maximum Gasteiger partial charge on any atom is 0.472 e. The number of aliphatic hydroxyl groups excluding tert-OH is 2. The summed E-state index contributed by atoms with van der Waals surface area (Å²) < 4.78 is 35.7. The molecule has 9 atom stereocenters. The minimum absolute atomic E-state index is 0.0280. The highest BCUT2D eigenvalue weighted by atomic mass is 32.1. The first-order valence-corrected chi connectivity index (χ1v) is 13.6. The number of thiocarbonyl (C=S) groups is 1. The predicted octanol–water partition coefficient (Wildman–Crippen LogP) is -1.29. The van der Waals surface area contributed by atoms with E-state index in [9.17, 15) is 34.1 Å². The molecule has 37 heavy (non-hydrogen) atoms. The average Bonchev–Trinajstić information content (AvgIpc) is 3.39. The highest BCUT2D eigenvalue weighted by Crippen LogP contribution is 2.48. The first kappa shape index (κ1) is 26.6. The summed E-state index contributed by atoms with van der Waals surface area (Å²) in [5, 5.41) is 22.8. The summed E-state index contributed by atoms with van der Waals surface area (Å²) >= 11 is 5.33. The molecule has 1 aromatic heterocycles. The van der Waals surface area contributed by atoms with Gasteiger partial charge in [0.2, 0.25) is 0 Å². The Morgan fingerprint density at radius 1 is 1.19 bits per heavy atom. The van der Waals surface area contributed by atoms with Gasteiger partial charge in [-0.1, -0.05) is 19.1 Å². The Morgan fingerprint density at radius 2 is 1.95 bits per heavy atom. The number of rotatable bonds is 1. The molecule has 204 valence electrons. The molecule has 4 aliphatic rings. The smallest absolute Gasteiger partial charge is 0.394 e. The quantitative estimate of drug-likeness (QED) is 0.201. The first-order chi connectivity index (χ1) is 17.5. The number of fused-ring (bicyclic) bond motifs is 9. The number of H-pyrrole nitrogens is 1. The van der Waals surface area contributed by atoms with Gasteiger partial charge in [0.1, 0.15) is 30.8 Å². The molecule has 2 amide bonds. The van der Waals surface area contributed by atoms with Gasteiger partial charge in [-0.05, 0) is 0 Å². The number of hydrogen-bond acceptors (Lipinski definition) is 11. The van der Waals surface area contributed by atoms with E-state index in [1.165, 1.54) is 11.1 Å². The second kappa shape index (κ2) is 9.94. The van der Waals surface area contributed by atoms with Crippen molar-refractivity contribution in [1.82, 2.24) is 19.8 Å². The van der Waals surface area contributed by atoms with Crippen molar-refractivity contribution < 1.29 is 43.0 Å². The lowest BCUT2D eigenvalue weighted by molar-refractivity contribution is -0.0794. The van der Waals surface area contributed by atoms with E-state index in [4.69, 9.17) is 30.7 Å². The van der Waals surface area contributed by atoms with Crippen LogP contribution in [0.25, 0.3) is 0 Å². The van der Waals surface area contributed by atoms with E-state index >= 15 is 0 Å². The van der Waals surface area contributed by atoms with Crippen LogP contribution in [0.4, 0.5) is 4.79 Å². The molecule has 4 aliphatic heterocycles. The number of nitrogens with zero attached hydrogens (tertiary/aromatic N) is 2. The fraction of sp³-hybridized carbons (Fsp3) is 0.700. The Kier molecular flexibility index (Phi) is 7.15. The molecule has 3 saturated heterocycles. The van der Waals surface area contributed by atoms with Crippen molar-refractivity contribution in [2.24, 2.45) is 5.92 Å². The highest BCUT2D eigenvalue weighted by Gasteiger charge is 2.49. The Hall–Kier alpha value is -2.01. The molecule has 1 unspecified atom stereocenters. The minimum Gasteiger partial charge on any atom is -0.394 e. The summed E-state index contributed by atoms with van der Waals surface area (Å²) in [5.74, 6) is -0.455. The number of phosphoric acid groups is 1. The molecule has 0 aromatic carbocycles. The van der Waals surface area contributed by atoms with Gasteiger partial charge in [-0.2, -0.15) is 0 Å². The van der Waals surface area contributed by atoms with Crippen LogP contribution in [0.5, 0.6) is 0 Å². The van der Waals surface area contributed by atoms with Crippen LogP contribution in [0.1, 0.15) is 31.6 Å². The molecular weight excluding hydrogens is 535 g/mol. The Labute approximate surface area is 214 Å². The number of aromatic amines is 1. The minimum atomic E-state index is -4.72. The fourth-order valence-corrected chi connectivity index (χ4v) is 6.34. The third kappa shape index (κ3) is 5.05. The maximum absolute atomic E-state index is 13.1. The Morgan fingerprint density at radius 3 is 2.68 bits per heavy atom. The van der Waals surface area contributed by atoms with Gasteiger partial charge in [-0.25, -0.2) is 14.2 Å². The summed E-state index contributed by atoms with van der Waals surface area (Å²) in [4.78, 5) is 52.5. The highest BCUT2D eigenvalue weighted by molar-refractivity contribution is 7.80. The molecular formula is C20H27N4O11PS. The summed E-state index contributed by atoms with van der Waals surface area (Å²) in [7, 11) is -4.72. The fourth-order valence-electron chi connectivity index (χ4n) is 5.13. The van der Waals surface area contributed by atoms with Crippen molar-refractivity contribution in [3.8, 4) is 0 Å². The van der Waals surface area contributed by atoms with Crippen LogP contribution < -0.4 is 16.6 Å². The number of amides is 2. The van der Waals surface area contributed by atoms with E-state index in [-0.39, 0.29) is 29.8 Å². The lowest BCUT2D eigenvalue weighted by atomic mass is 9.92. The number of aromatic nitrogens is 2. The molecule has 0 radical (unpaired) electrons. The van der Waals surface area contributed by atoms with Gasteiger partial charge in [-0.3, -0.25) is 28.3 Å². The van der Waals surface area contributed by atoms with E-state index in [0.29, 0.717) is 0 Å². The largest absolute Gasteiger partial charge is 0.472 e. The van der Waals surface area contributed by atoms with Crippen LogP contribution in [0.3, 0.4) is 0 Å². The summed E-state index contributed by atoms with van der Waals surface area (Å²) in [6.07, 6.45) is -5.28. The number of carbonyl (C=O) groups excluding carboxylic acids is 1. The number of urea groups is 1. The van der Waals surface area contributed by atoms with Gasteiger partial charge in [0.25, 0.3) is 5.56 Å². The topological polar surface area (TPSA) is 202 Å². The maximum atomic E-state index is 13.1. The molecule has 1 aromatic rings. The predicted molar refractivity (Wildman–Crippen MR) is 126 cm³/mol. The second-order valence-electron chi connectivity index (χ2n) is 9.47. The van der Waals surface area contributed by atoms with Crippen molar-refractivity contribution in [1.29, 1.82) is 0 Å². The normalized spacial score (nSPS) is 40.4. The molecule has 5 rings (SSSR count). The SMILES string of the molecule is C[C@H]1C(=S)NC(=O)N2[C@H]3C[C@H](OP(=O)(O)OC[C@H]4O[C@H](C[C@@H]4O)n4cc(c(=O)[nH]c4=O)C[C@@H]12)[C@@H](CO)O3. The van der Waals surface area contributed by atoms with Crippen molar-refractivity contribution in [2.75, 3.05) is 13.2 Å². The third-order valence-electron chi connectivity index (χ3n) is 7.14. The van der Waals surface area contributed by atoms with Crippen molar-refractivity contribution >= 4 is 31.1 Å². The van der Waals surface area contributed by atoms with Crippen LogP contribution in [0, 0.1) is 5.92 Å². The average molecular weight is 562 g/mol. The van der Waals surface area contributed by atoms with E-state index in [1.807, 2.05) is 0 Å². The number of carbonyl (C=O) groups is 1. The molecule has 15 nitrogen and oxygen atoms in total. The molecule has 0 aliphatic carbocycles. The molecule has 5 heterocycles. The van der Waals surface area contributed by atoms with Crippen molar-refractivity contribution in [2.45, 2.75) is 69.1 Å². The summed E-state index contributed by atoms with van der Waals surface area (Å²) in [6, 6.07) is -1.33. The summed E-state index contributed by atoms with van der Waals surface area (Å²) in [5.41, 5.74) is -1.28. The van der Waals surface area contributed by atoms with E-state index in [0.717, 1.165) is 4.57 Å². The third-order valence-corrected chi connectivity index (χ3v) is 8.63. The lowest BCUT2D eigenvalue weighted by Crippen LogP contribution is -2.63. The van der Waals surface area contributed by atoms with Crippen LogP contribution in [-0.2, 0) is 29.5 Å². The molecule has 0 saturated carbocycles. The van der Waals surface area contributed by atoms with Gasteiger partial charge < -0.3 is 29.9 Å². The molecule has 3 fully saturated rings. The molecule has 17 heteroatoms. The van der Waals surface area contributed by atoms with E-state index in [2.05, 4.69) is 10.3 Å². The number of ether oxygens (including phenoxy) is 2. The zero-order valence-electron chi connectivity index (χ0n) is 19.6. The van der Waals surface area contributed by atoms with E-state index < -0.39 is 87.1 Å².